The number of benzene rings is 2. The van der Waals surface area contributed by atoms with Crippen molar-refractivity contribution in [1.82, 2.24) is 4.98 Å². The zero-order chi connectivity index (χ0) is 27.5. The number of hydrogen-bond donors (Lipinski definition) is 1. The van der Waals surface area contributed by atoms with Crippen molar-refractivity contribution in [2.75, 3.05) is 17.2 Å². The van der Waals surface area contributed by atoms with Crippen LogP contribution in [0.4, 0.5) is 5.82 Å². The van der Waals surface area contributed by atoms with E-state index in [1.165, 1.54) is 12.3 Å². The Labute approximate surface area is 226 Å². The fraction of sp³-hybridized carbons (Fsp3) is 0.323. The lowest BCUT2D eigenvalue weighted by Gasteiger charge is -2.09. The minimum absolute atomic E-state index is 0.00405. The van der Waals surface area contributed by atoms with Crippen molar-refractivity contribution in [3.05, 3.63) is 94.2 Å². The first kappa shape index (κ1) is 28.8. The van der Waals surface area contributed by atoms with E-state index < -0.39 is 15.6 Å². The minimum Gasteiger partial charge on any atom is -0.383 e. The lowest BCUT2D eigenvalue weighted by molar-refractivity contribution is 0.0988. The van der Waals surface area contributed by atoms with Gasteiger partial charge in [-0.2, -0.15) is 4.36 Å². The molecule has 1 heterocycles. The first-order chi connectivity index (χ1) is 18.2. The van der Waals surface area contributed by atoms with Gasteiger partial charge in [0.1, 0.15) is 5.82 Å². The van der Waals surface area contributed by atoms with Crippen LogP contribution in [0.3, 0.4) is 0 Å². The highest BCUT2D eigenvalue weighted by atomic mass is 32.2. The maximum Gasteiger partial charge on any atom is 0.286 e. The molecule has 3 rings (SSSR count). The summed E-state index contributed by atoms with van der Waals surface area (Å²) in [5.74, 6) is 6.41. The van der Waals surface area contributed by atoms with Crippen LogP contribution in [0.15, 0.2) is 65.2 Å². The number of unbranched alkanes of at least 4 members (excludes halogenated alkanes) is 2. The Kier molecular flexibility index (Phi) is 10.4. The lowest BCUT2D eigenvalue weighted by Crippen LogP contribution is -2.14. The first-order valence-electron chi connectivity index (χ1n) is 13.0. The molecule has 3 aromatic rings. The molecule has 0 radical (unpaired) electrons. The van der Waals surface area contributed by atoms with Gasteiger partial charge in [-0.3, -0.25) is 9.59 Å². The van der Waals surface area contributed by atoms with Gasteiger partial charge < -0.3 is 5.73 Å². The number of nitrogens with zero attached hydrogens (tertiary/aromatic N) is 2. The van der Waals surface area contributed by atoms with Crippen molar-refractivity contribution < 1.29 is 13.8 Å². The van der Waals surface area contributed by atoms with Gasteiger partial charge in [0, 0.05) is 35.3 Å². The minimum atomic E-state index is -2.63. The predicted octanol–water partition coefficient (Wildman–Crippen LogP) is 6.01. The van der Waals surface area contributed by atoms with Crippen LogP contribution in [0.2, 0.25) is 0 Å². The third-order valence-electron chi connectivity index (χ3n) is 6.02. The van der Waals surface area contributed by atoms with E-state index in [1.807, 2.05) is 45.0 Å². The molecule has 198 valence electrons. The van der Waals surface area contributed by atoms with Gasteiger partial charge in [0.25, 0.3) is 5.91 Å². The average Bonchev–Trinajstić information content (AvgIpc) is 2.90. The second-order valence-electron chi connectivity index (χ2n) is 9.36. The summed E-state index contributed by atoms with van der Waals surface area (Å²) in [7, 11) is -2.63. The van der Waals surface area contributed by atoms with E-state index in [2.05, 4.69) is 21.2 Å². The quantitative estimate of drug-likeness (QED) is 0.256. The zero-order valence-electron chi connectivity index (χ0n) is 22.3. The predicted molar refractivity (Wildman–Crippen MR) is 155 cm³/mol. The molecule has 0 unspecified atom stereocenters. The van der Waals surface area contributed by atoms with Crippen LogP contribution < -0.4 is 5.73 Å². The summed E-state index contributed by atoms with van der Waals surface area (Å²) in [6, 6.07) is 16.5. The van der Waals surface area contributed by atoms with Crippen LogP contribution in [0.5, 0.6) is 0 Å². The maximum atomic E-state index is 13.3. The number of anilines is 1. The average molecular weight is 530 g/mol. The molecular formula is C31H35N3O3S. The Morgan fingerprint density at radius 3 is 2.34 bits per heavy atom. The number of ketones is 1. The van der Waals surface area contributed by atoms with E-state index >= 15 is 0 Å². The van der Waals surface area contributed by atoms with Crippen molar-refractivity contribution in [3.63, 3.8) is 0 Å². The number of Topliss-reactive ketones (excluding diaryl/α,β-unsaturated/α-hetero) is 1. The summed E-state index contributed by atoms with van der Waals surface area (Å²) in [5, 5.41) is 0. The largest absolute Gasteiger partial charge is 0.383 e. The fourth-order valence-electron chi connectivity index (χ4n) is 3.85. The molecule has 7 heteroatoms. The summed E-state index contributed by atoms with van der Waals surface area (Å²) in [4.78, 5) is 29.8. The third kappa shape index (κ3) is 8.39. The number of pyridine rings is 1. The number of hydrogen-bond acceptors (Lipinski definition) is 5. The van der Waals surface area contributed by atoms with E-state index in [4.69, 9.17) is 5.73 Å². The van der Waals surface area contributed by atoms with Gasteiger partial charge in [-0.25, -0.2) is 9.19 Å². The highest BCUT2D eigenvalue weighted by Crippen LogP contribution is 2.15. The molecule has 0 aliphatic carbocycles. The Bertz CT molecular complexity index is 1480. The first-order valence-corrected chi connectivity index (χ1v) is 14.8. The molecule has 0 spiro atoms. The number of nitrogen functional groups attached to an aromatic ring is 1. The normalized spacial score (nSPS) is 10.9. The van der Waals surface area contributed by atoms with Gasteiger partial charge in [0.05, 0.1) is 20.9 Å². The molecule has 38 heavy (non-hydrogen) atoms. The van der Waals surface area contributed by atoms with Crippen LogP contribution in [-0.4, -0.2) is 32.4 Å². The summed E-state index contributed by atoms with van der Waals surface area (Å²) in [6.07, 6.45) is 4.92. The number of nitrogens with two attached hydrogens (primary N) is 1. The van der Waals surface area contributed by atoms with Crippen LogP contribution in [0, 0.1) is 18.8 Å². The molecule has 0 fully saturated rings. The zero-order valence-corrected chi connectivity index (χ0v) is 23.1. The van der Waals surface area contributed by atoms with E-state index in [-0.39, 0.29) is 17.2 Å². The number of amides is 1. The molecule has 6 nitrogen and oxygen atoms in total. The molecule has 0 aliphatic heterocycles. The smallest absolute Gasteiger partial charge is 0.286 e. The maximum absolute atomic E-state index is 13.3. The third-order valence-corrected chi connectivity index (χ3v) is 8.37. The van der Waals surface area contributed by atoms with Gasteiger partial charge in [-0.05, 0) is 43.5 Å². The Hall–Kier alpha value is -3.76. The van der Waals surface area contributed by atoms with Crippen molar-refractivity contribution in [2.24, 2.45) is 4.36 Å². The van der Waals surface area contributed by atoms with Crippen molar-refractivity contribution in [3.8, 4) is 11.8 Å². The van der Waals surface area contributed by atoms with Crippen molar-refractivity contribution >= 4 is 27.2 Å². The summed E-state index contributed by atoms with van der Waals surface area (Å²) in [6.45, 7) is 6.04. The highest BCUT2D eigenvalue weighted by molar-refractivity contribution is 7.93. The van der Waals surface area contributed by atoms with E-state index in [0.717, 1.165) is 36.8 Å². The van der Waals surface area contributed by atoms with Crippen LogP contribution in [0.25, 0.3) is 0 Å². The molecule has 2 N–H and O–H groups in total. The standard InChI is InChI=1S/C31H35N3O3S/c1-4-6-16-38(37,17-7-5-2)34-31(36)28-21-27(30(32)33-22-28)15-14-24-11-9-13-26(19-24)29(35)20-25-12-8-10-23(3)18-25/h8-13,18-19,21-22H,4-7,16-17,20H2,1-3H3,(H2,32,33). The number of carbonyl (C=O) groups excluding carboxylic acids is 2. The highest BCUT2D eigenvalue weighted by Gasteiger charge is 2.15. The van der Waals surface area contributed by atoms with Crippen LogP contribution in [-0.2, 0) is 16.1 Å². The lowest BCUT2D eigenvalue weighted by atomic mass is 10.0. The van der Waals surface area contributed by atoms with E-state index in [9.17, 15) is 13.8 Å². The SMILES string of the molecule is CCCCS(=O)(CCCC)=NC(=O)c1cnc(N)c(C#Cc2cccc(C(=O)Cc3cccc(C)c3)c2)c1. The van der Waals surface area contributed by atoms with Gasteiger partial charge >= 0.3 is 0 Å². The van der Waals surface area contributed by atoms with Gasteiger partial charge in [0.2, 0.25) is 0 Å². The second kappa shape index (κ2) is 13.7. The molecular weight excluding hydrogens is 494 g/mol. The topological polar surface area (TPSA) is 102 Å². The number of aromatic nitrogens is 1. The van der Waals surface area contributed by atoms with E-state index in [0.29, 0.717) is 34.6 Å². The van der Waals surface area contributed by atoms with Gasteiger partial charge in [-0.15, -0.1) is 0 Å². The van der Waals surface area contributed by atoms with Crippen LogP contribution >= 0.6 is 0 Å². The summed E-state index contributed by atoms with van der Waals surface area (Å²) >= 11 is 0. The second-order valence-corrected chi connectivity index (χ2v) is 11.9. The molecule has 0 bridgehead atoms. The van der Waals surface area contributed by atoms with Gasteiger partial charge in [-0.1, -0.05) is 80.5 Å². The number of rotatable bonds is 10. The molecule has 1 aromatic heterocycles. The van der Waals surface area contributed by atoms with Gasteiger partial charge in [0.15, 0.2) is 5.78 Å². The van der Waals surface area contributed by atoms with Crippen molar-refractivity contribution in [2.45, 2.75) is 52.9 Å². The molecule has 0 saturated heterocycles. The number of aryl methyl sites for hydroxylation is 1. The summed E-state index contributed by atoms with van der Waals surface area (Å²) < 4.78 is 17.4. The van der Waals surface area contributed by atoms with Crippen molar-refractivity contribution in [1.29, 1.82) is 0 Å². The molecule has 0 atom stereocenters. The monoisotopic (exact) mass is 529 g/mol. The molecule has 0 aliphatic rings. The molecule has 2 aromatic carbocycles. The Morgan fingerprint density at radius 1 is 0.947 bits per heavy atom. The Morgan fingerprint density at radius 2 is 1.66 bits per heavy atom. The molecule has 0 saturated carbocycles. The van der Waals surface area contributed by atoms with Crippen LogP contribution in [0.1, 0.15) is 82.5 Å². The molecule has 1 amide bonds. The van der Waals surface area contributed by atoms with E-state index in [1.54, 1.807) is 24.3 Å². The summed E-state index contributed by atoms with van der Waals surface area (Å²) in [5.41, 5.74) is 9.88. The number of carbonyl (C=O) groups is 2. The Balaban J connectivity index is 1.83. The fourth-order valence-corrected chi connectivity index (χ4v) is 6.12.